The number of benzene rings is 1. The fourth-order valence-corrected chi connectivity index (χ4v) is 2.27. The van der Waals surface area contributed by atoms with Gasteiger partial charge < -0.3 is 15.4 Å². The summed E-state index contributed by atoms with van der Waals surface area (Å²) < 4.78 is 41.0. The summed E-state index contributed by atoms with van der Waals surface area (Å²) in [4.78, 5) is 27.6. The first-order chi connectivity index (χ1) is 12.7. The zero-order valence-corrected chi connectivity index (χ0v) is 14.7. The van der Waals surface area contributed by atoms with Gasteiger partial charge in [0.15, 0.2) is 0 Å². The molecule has 0 saturated carbocycles. The molecule has 9 heteroatoms. The maximum atomic E-state index is 12.4. The first-order valence-corrected chi connectivity index (χ1v) is 8.06. The van der Waals surface area contributed by atoms with Crippen LogP contribution in [0, 0.1) is 6.92 Å². The van der Waals surface area contributed by atoms with E-state index in [0.29, 0.717) is 11.1 Å². The van der Waals surface area contributed by atoms with E-state index >= 15 is 0 Å². The Morgan fingerprint density at radius 1 is 1.19 bits per heavy atom. The minimum atomic E-state index is -4.79. The fraction of sp³-hybridized carbons (Fsp3) is 0.278. The molecule has 0 saturated heterocycles. The number of ether oxygens (including phenoxy) is 1. The summed E-state index contributed by atoms with van der Waals surface area (Å²) in [6, 6.07) is 6.98. The molecular weight excluding hydrogens is 363 g/mol. The number of hydrogen-bond acceptors (Lipinski definition) is 4. The second-order valence-electron chi connectivity index (χ2n) is 5.72. The van der Waals surface area contributed by atoms with Gasteiger partial charge in [-0.15, -0.1) is 13.2 Å². The summed E-state index contributed by atoms with van der Waals surface area (Å²) >= 11 is 0. The molecule has 2 amide bonds. The van der Waals surface area contributed by atoms with Gasteiger partial charge in [-0.1, -0.05) is 13.0 Å². The van der Waals surface area contributed by atoms with Crippen LogP contribution >= 0.6 is 0 Å². The van der Waals surface area contributed by atoms with Gasteiger partial charge in [0, 0.05) is 24.7 Å². The Morgan fingerprint density at radius 3 is 2.59 bits per heavy atom. The monoisotopic (exact) mass is 381 g/mol. The van der Waals surface area contributed by atoms with Crippen LogP contribution in [0.15, 0.2) is 36.5 Å². The van der Waals surface area contributed by atoms with Crippen molar-refractivity contribution in [1.82, 2.24) is 10.3 Å². The van der Waals surface area contributed by atoms with E-state index in [2.05, 4.69) is 20.4 Å². The molecule has 27 heavy (non-hydrogen) atoms. The van der Waals surface area contributed by atoms with Gasteiger partial charge in [-0.3, -0.25) is 9.59 Å². The normalized spacial score (nSPS) is 11.0. The Kier molecular flexibility index (Phi) is 6.38. The van der Waals surface area contributed by atoms with E-state index in [1.807, 2.05) is 0 Å². The van der Waals surface area contributed by atoms with Crippen molar-refractivity contribution < 1.29 is 27.5 Å². The predicted octanol–water partition coefficient (Wildman–Crippen LogP) is 3.57. The second kappa shape index (κ2) is 8.52. The Labute approximate surface area is 153 Å². The molecule has 1 aromatic heterocycles. The Morgan fingerprint density at radius 2 is 1.93 bits per heavy atom. The number of nitrogens with one attached hydrogen (secondary N) is 2. The molecule has 0 fully saturated rings. The second-order valence-corrected chi connectivity index (χ2v) is 5.72. The number of anilines is 1. The van der Waals surface area contributed by atoms with Crippen LogP contribution < -0.4 is 15.4 Å². The highest BCUT2D eigenvalue weighted by Crippen LogP contribution is 2.25. The number of rotatable bonds is 6. The summed E-state index contributed by atoms with van der Waals surface area (Å²) in [5.74, 6) is -0.799. The van der Waals surface area contributed by atoms with Crippen LogP contribution in [-0.2, 0) is 11.3 Å². The lowest BCUT2D eigenvalue weighted by Gasteiger charge is -2.12. The standard InChI is InChI=1S/C18H18F3N3O3/c1-3-16(25)24-15-9-13(4-5-22-15)17(26)23-10-12-6-11(2)7-14(8-12)27-18(19,20)21/h4-9H,3,10H2,1-2H3,(H,23,26)(H,22,24,25). The van der Waals surface area contributed by atoms with Gasteiger partial charge in [-0.25, -0.2) is 4.98 Å². The van der Waals surface area contributed by atoms with E-state index in [4.69, 9.17) is 0 Å². The first kappa shape index (κ1) is 20.2. The number of aryl methyl sites for hydroxylation is 1. The van der Waals surface area contributed by atoms with Crippen LogP contribution in [0.5, 0.6) is 5.75 Å². The maximum absolute atomic E-state index is 12.4. The third kappa shape index (κ3) is 6.61. The lowest BCUT2D eigenvalue weighted by molar-refractivity contribution is -0.274. The SMILES string of the molecule is CCC(=O)Nc1cc(C(=O)NCc2cc(C)cc(OC(F)(F)F)c2)ccn1. The average Bonchev–Trinajstić information content (AvgIpc) is 2.57. The molecule has 6 nitrogen and oxygen atoms in total. The number of hydrogen-bond donors (Lipinski definition) is 2. The van der Waals surface area contributed by atoms with Crippen LogP contribution in [0.3, 0.4) is 0 Å². The van der Waals surface area contributed by atoms with Crippen molar-refractivity contribution in [3.63, 3.8) is 0 Å². The highest BCUT2D eigenvalue weighted by molar-refractivity contribution is 5.96. The molecule has 0 aliphatic rings. The molecule has 0 radical (unpaired) electrons. The minimum absolute atomic E-state index is 0.00764. The Balaban J connectivity index is 2.05. The van der Waals surface area contributed by atoms with Crippen molar-refractivity contribution in [2.45, 2.75) is 33.2 Å². The molecule has 0 atom stereocenters. The van der Waals surface area contributed by atoms with Crippen LogP contribution in [0.25, 0.3) is 0 Å². The topological polar surface area (TPSA) is 80.3 Å². The van der Waals surface area contributed by atoms with Gasteiger partial charge in [0.05, 0.1) is 0 Å². The van der Waals surface area contributed by atoms with Gasteiger partial charge in [-0.2, -0.15) is 0 Å². The first-order valence-electron chi connectivity index (χ1n) is 8.06. The molecule has 0 bridgehead atoms. The van der Waals surface area contributed by atoms with Gasteiger partial charge in [0.25, 0.3) is 5.91 Å². The van der Waals surface area contributed by atoms with Gasteiger partial charge in [0.1, 0.15) is 11.6 Å². The Bertz CT molecular complexity index is 838. The van der Waals surface area contributed by atoms with Crippen molar-refractivity contribution in [3.8, 4) is 5.75 Å². The lowest BCUT2D eigenvalue weighted by atomic mass is 10.1. The minimum Gasteiger partial charge on any atom is -0.406 e. The van der Waals surface area contributed by atoms with Crippen molar-refractivity contribution in [1.29, 1.82) is 0 Å². The Hall–Kier alpha value is -3.10. The number of amides is 2. The van der Waals surface area contributed by atoms with Gasteiger partial charge >= 0.3 is 6.36 Å². The van der Waals surface area contributed by atoms with Crippen LogP contribution in [0.2, 0.25) is 0 Å². The molecule has 1 aromatic carbocycles. The van der Waals surface area contributed by atoms with E-state index in [9.17, 15) is 22.8 Å². The molecular formula is C18H18F3N3O3. The molecule has 144 valence electrons. The zero-order chi connectivity index (χ0) is 20.0. The van der Waals surface area contributed by atoms with Crippen LogP contribution in [0.1, 0.15) is 34.8 Å². The van der Waals surface area contributed by atoms with E-state index in [1.54, 1.807) is 19.9 Å². The predicted molar refractivity (Wildman–Crippen MR) is 92.2 cm³/mol. The molecule has 2 rings (SSSR count). The molecule has 0 aliphatic heterocycles. The number of nitrogens with zero attached hydrogens (tertiary/aromatic N) is 1. The van der Waals surface area contributed by atoms with E-state index in [1.165, 1.54) is 30.5 Å². The number of carbonyl (C=O) groups is 2. The van der Waals surface area contributed by atoms with E-state index in [-0.39, 0.29) is 36.0 Å². The number of aromatic nitrogens is 1. The van der Waals surface area contributed by atoms with E-state index in [0.717, 1.165) is 0 Å². The largest absolute Gasteiger partial charge is 0.573 e. The number of carbonyl (C=O) groups excluding carboxylic acids is 2. The summed E-state index contributed by atoms with van der Waals surface area (Å²) in [6.45, 7) is 3.32. The van der Waals surface area contributed by atoms with Gasteiger partial charge in [-0.05, 0) is 42.3 Å². The van der Waals surface area contributed by atoms with E-state index < -0.39 is 12.3 Å². The molecule has 2 aromatic rings. The maximum Gasteiger partial charge on any atom is 0.573 e. The van der Waals surface area contributed by atoms with Crippen molar-refractivity contribution >= 4 is 17.6 Å². The van der Waals surface area contributed by atoms with Crippen LogP contribution in [-0.4, -0.2) is 23.2 Å². The summed E-state index contributed by atoms with van der Waals surface area (Å²) in [5, 5.41) is 5.16. The number of pyridine rings is 1. The number of alkyl halides is 3. The molecule has 0 aliphatic carbocycles. The van der Waals surface area contributed by atoms with Crippen molar-refractivity contribution in [2.75, 3.05) is 5.32 Å². The van der Waals surface area contributed by atoms with Crippen LogP contribution in [0.4, 0.5) is 19.0 Å². The zero-order valence-electron chi connectivity index (χ0n) is 14.7. The van der Waals surface area contributed by atoms with Gasteiger partial charge in [0.2, 0.25) is 5.91 Å². The molecule has 2 N–H and O–H groups in total. The average molecular weight is 381 g/mol. The summed E-state index contributed by atoms with van der Waals surface area (Å²) in [5.41, 5.74) is 1.28. The summed E-state index contributed by atoms with van der Waals surface area (Å²) in [6.07, 6.45) is -3.14. The molecule has 0 unspecified atom stereocenters. The smallest absolute Gasteiger partial charge is 0.406 e. The fourth-order valence-electron chi connectivity index (χ4n) is 2.27. The van der Waals surface area contributed by atoms with Crippen molar-refractivity contribution in [2.24, 2.45) is 0 Å². The van der Waals surface area contributed by atoms with Crippen molar-refractivity contribution in [3.05, 3.63) is 53.2 Å². The summed E-state index contributed by atoms with van der Waals surface area (Å²) in [7, 11) is 0. The third-order valence-corrected chi connectivity index (χ3v) is 3.41. The highest BCUT2D eigenvalue weighted by atomic mass is 19.4. The lowest BCUT2D eigenvalue weighted by Crippen LogP contribution is -2.23. The molecule has 0 spiro atoms. The highest BCUT2D eigenvalue weighted by Gasteiger charge is 2.31. The molecule has 1 heterocycles. The quantitative estimate of drug-likeness (QED) is 0.802. The third-order valence-electron chi connectivity index (χ3n) is 3.41. The number of halogens is 3.